The number of carbonyl (C=O) groups is 1. The number of hydrogen-bond acceptors (Lipinski definition) is 5. The topological polar surface area (TPSA) is 74.5 Å². The highest BCUT2D eigenvalue weighted by Gasteiger charge is 2.27. The van der Waals surface area contributed by atoms with Gasteiger partial charge in [-0.1, -0.05) is 17.3 Å². The Kier molecular flexibility index (Phi) is 6.05. The lowest BCUT2D eigenvalue weighted by molar-refractivity contribution is 0.171. The molecule has 1 aliphatic rings. The van der Waals surface area contributed by atoms with Gasteiger partial charge in [-0.15, -0.1) is 0 Å². The van der Waals surface area contributed by atoms with Gasteiger partial charge in [-0.2, -0.15) is 4.98 Å². The van der Waals surface area contributed by atoms with Crippen LogP contribution in [-0.4, -0.2) is 59.7 Å². The van der Waals surface area contributed by atoms with Crippen molar-refractivity contribution in [3.8, 4) is 0 Å². The van der Waals surface area contributed by atoms with Crippen LogP contribution in [0.1, 0.15) is 42.1 Å². The SMILES string of the molecule is Cc1noc(C2CCN(C(=O)NCC(c3cccc(F)c3)N(C)C)CC2)n1. The largest absolute Gasteiger partial charge is 0.339 e. The number of benzene rings is 1. The quantitative estimate of drug-likeness (QED) is 0.870. The molecule has 0 aliphatic carbocycles. The van der Waals surface area contributed by atoms with Crippen LogP contribution in [0.25, 0.3) is 0 Å². The van der Waals surface area contributed by atoms with E-state index < -0.39 is 0 Å². The van der Waals surface area contributed by atoms with E-state index in [1.54, 1.807) is 17.9 Å². The summed E-state index contributed by atoms with van der Waals surface area (Å²) in [7, 11) is 3.83. The second-order valence-electron chi connectivity index (χ2n) is 7.16. The Labute approximate surface area is 158 Å². The monoisotopic (exact) mass is 375 g/mol. The van der Waals surface area contributed by atoms with Crippen molar-refractivity contribution in [3.05, 3.63) is 47.4 Å². The first-order valence-electron chi connectivity index (χ1n) is 9.19. The van der Waals surface area contributed by atoms with E-state index in [-0.39, 0.29) is 23.8 Å². The van der Waals surface area contributed by atoms with Crippen LogP contribution in [0, 0.1) is 12.7 Å². The van der Waals surface area contributed by atoms with Crippen LogP contribution in [0.15, 0.2) is 28.8 Å². The van der Waals surface area contributed by atoms with Crippen molar-refractivity contribution in [2.75, 3.05) is 33.7 Å². The first-order chi connectivity index (χ1) is 12.9. The number of urea groups is 1. The molecule has 1 atom stereocenters. The number of nitrogens with one attached hydrogen (secondary N) is 1. The average molecular weight is 375 g/mol. The summed E-state index contributed by atoms with van der Waals surface area (Å²) in [5.41, 5.74) is 0.839. The molecule has 2 aromatic rings. The van der Waals surface area contributed by atoms with Gasteiger partial charge >= 0.3 is 6.03 Å². The van der Waals surface area contributed by atoms with E-state index in [4.69, 9.17) is 4.52 Å². The minimum atomic E-state index is -0.274. The molecule has 1 aromatic heterocycles. The van der Waals surface area contributed by atoms with Crippen molar-refractivity contribution in [2.45, 2.75) is 31.7 Å². The minimum Gasteiger partial charge on any atom is -0.339 e. The van der Waals surface area contributed by atoms with Gasteiger partial charge in [0.15, 0.2) is 5.82 Å². The Balaban J connectivity index is 1.53. The number of halogens is 1. The van der Waals surface area contributed by atoms with Crippen molar-refractivity contribution in [1.82, 2.24) is 25.3 Å². The van der Waals surface area contributed by atoms with Crippen molar-refractivity contribution in [2.24, 2.45) is 0 Å². The second kappa shape index (κ2) is 8.47. The summed E-state index contributed by atoms with van der Waals surface area (Å²) in [5.74, 6) is 1.23. The van der Waals surface area contributed by atoms with Gasteiger partial charge in [0.1, 0.15) is 5.82 Å². The zero-order valence-electron chi connectivity index (χ0n) is 16.0. The summed E-state index contributed by atoms with van der Waals surface area (Å²) in [6, 6.07) is 6.30. The van der Waals surface area contributed by atoms with E-state index in [1.807, 2.05) is 25.1 Å². The molecule has 1 fully saturated rings. The van der Waals surface area contributed by atoms with Gasteiger partial charge in [-0.25, -0.2) is 9.18 Å². The number of likely N-dealkylation sites (N-methyl/N-ethyl adjacent to an activating group) is 1. The molecule has 27 heavy (non-hydrogen) atoms. The van der Waals surface area contributed by atoms with Crippen LogP contribution in [0.2, 0.25) is 0 Å². The highest BCUT2D eigenvalue weighted by Crippen LogP contribution is 2.26. The molecule has 1 N–H and O–H groups in total. The number of aromatic nitrogens is 2. The molecule has 2 amide bonds. The van der Waals surface area contributed by atoms with Crippen LogP contribution in [0.3, 0.4) is 0 Å². The van der Waals surface area contributed by atoms with Gasteiger partial charge in [0.25, 0.3) is 0 Å². The number of hydrogen-bond donors (Lipinski definition) is 1. The summed E-state index contributed by atoms with van der Waals surface area (Å²) in [4.78, 5) is 20.6. The fourth-order valence-electron chi connectivity index (χ4n) is 3.42. The van der Waals surface area contributed by atoms with Gasteiger partial charge in [0.2, 0.25) is 5.89 Å². The van der Waals surface area contributed by atoms with E-state index in [2.05, 4.69) is 15.5 Å². The molecule has 1 aromatic carbocycles. The van der Waals surface area contributed by atoms with Crippen LogP contribution < -0.4 is 5.32 Å². The van der Waals surface area contributed by atoms with Crippen LogP contribution >= 0.6 is 0 Å². The Morgan fingerprint density at radius 1 is 1.41 bits per heavy atom. The molecular formula is C19H26FN5O2. The maximum Gasteiger partial charge on any atom is 0.317 e. The molecule has 0 saturated carbocycles. The van der Waals surface area contributed by atoms with Gasteiger partial charge in [0.05, 0.1) is 6.04 Å². The van der Waals surface area contributed by atoms with Gasteiger partial charge in [0, 0.05) is 25.6 Å². The predicted octanol–water partition coefficient (Wildman–Crippen LogP) is 2.71. The molecule has 3 rings (SSSR count). The highest BCUT2D eigenvalue weighted by molar-refractivity contribution is 5.74. The maximum absolute atomic E-state index is 13.5. The van der Waals surface area contributed by atoms with Gasteiger partial charge in [-0.05, 0) is 51.6 Å². The van der Waals surface area contributed by atoms with Crippen molar-refractivity contribution in [3.63, 3.8) is 0 Å². The van der Waals surface area contributed by atoms with Crippen LogP contribution in [0.4, 0.5) is 9.18 Å². The molecule has 1 aliphatic heterocycles. The Hall–Kier alpha value is -2.48. The Morgan fingerprint density at radius 3 is 2.74 bits per heavy atom. The number of carbonyl (C=O) groups excluding carboxylic acids is 1. The standard InChI is InChI=1S/C19H26FN5O2/c1-13-22-18(27-23-13)14-7-9-25(10-8-14)19(26)21-12-17(24(2)3)15-5-4-6-16(20)11-15/h4-6,11,14,17H,7-10,12H2,1-3H3,(H,21,26). The van der Waals surface area contributed by atoms with E-state index in [9.17, 15) is 9.18 Å². The summed E-state index contributed by atoms with van der Waals surface area (Å²) in [5, 5.41) is 6.82. The van der Waals surface area contributed by atoms with E-state index >= 15 is 0 Å². The molecule has 146 valence electrons. The minimum absolute atomic E-state index is 0.0939. The summed E-state index contributed by atoms with van der Waals surface area (Å²) < 4.78 is 18.8. The number of rotatable bonds is 5. The molecule has 0 bridgehead atoms. The number of amides is 2. The summed E-state index contributed by atoms with van der Waals surface area (Å²) >= 11 is 0. The second-order valence-corrected chi connectivity index (χ2v) is 7.16. The lowest BCUT2D eigenvalue weighted by atomic mass is 9.97. The van der Waals surface area contributed by atoms with Crippen molar-refractivity contribution < 1.29 is 13.7 Å². The lowest BCUT2D eigenvalue weighted by Crippen LogP contribution is -2.46. The summed E-state index contributed by atoms with van der Waals surface area (Å²) in [6.07, 6.45) is 1.60. The molecule has 1 unspecified atom stereocenters. The molecule has 1 saturated heterocycles. The van der Waals surface area contributed by atoms with E-state index in [0.29, 0.717) is 31.3 Å². The van der Waals surface area contributed by atoms with Crippen LogP contribution in [-0.2, 0) is 0 Å². The molecule has 8 heteroatoms. The number of aryl methyl sites for hydroxylation is 1. The molecule has 7 nitrogen and oxygen atoms in total. The molecule has 2 heterocycles. The average Bonchev–Trinajstić information content (AvgIpc) is 3.08. The first-order valence-corrected chi connectivity index (χ1v) is 9.19. The molecular weight excluding hydrogens is 349 g/mol. The third-order valence-electron chi connectivity index (χ3n) is 4.98. The zero-order chi connectivity index (χ0) is 19.4. The normalized spacial score (nSPS) is 16.6. The molecule has 0 spiro atoms. The highest BCUT2D eigenvalue weighted by atomic mass is 19.1. The summed E-state index contributed by atoms with van der Waals surface area (Å²) in [6.45, 7) is 3.50. The lowest BCUT2D eigenvalue weighted by Gasteiger charge is -2.32. The van der Waals surface area contributed by atoms with Gasteiger partial charge < -0.3 is 19.6 Å². The number of piperidine rings is 1. The smallest absolute Gasteiger partial charge is 0.317 e. The third-order valence-corrected chi connectivity index (χ3v) is 4.98. The first kappa shape index (κ1) is 19.3. The zero-order valence-corrected chi connectivity index (χ0v) is 16.0. The maximum atomic E-state index is 13.5. The Bertz CT molecular complexity index is 771. The fourth-order valence-corrected chi connectivity index (χ4v) is 3.42. The predicted molar refractivity (Wildman–Crippen MR) is 98.8 cm³/mol. The van der Waals surface area contributed by atoms with E-state index in [1.165, 1.54) is 12.1 Å². The van der Waals surface area contributed by atoms with Crippen LogP contribution in [0.5, 0.6) is 0 Å². The van der Waals surface area contributed by atoms with E-state index in [0.717, 1.165) is 18.4 Å². The molecule has 0 radical (unpaired) electrons. The van der Waals surface area contributed by atoms with Crippen molar-refractivity contribution in [1.29, 1.82) is 0 Å². The number of nitrogens with zero attached hydrogens (tertiary/aromatic N) is 4. The van der Waals surface area contributed by atoms with Crippen molar-refractivity contribution >= 4 is 6.03 Å². The van der Waals surface area contributed by atoms with Gasteiger partial charge in [-0.3, -0.25) is 0 Å². The number of likely N-dealkylation sites (tertiary alicyclic amines) is 1. The Morgan fingerprint density at radius 2 is 2.15 bits per heavy atom. The fraction of sp³-hybridized carbons (Fsp3) is 0.526. The third kappa shape index (κ3) is 4.82.